The van der Waals surface area contributed by atoms with E-state index in [2.05, 4.69) is 89.6 Å². The molecule has 2 rings (SSSR count). The Morgan fingerprint density at radius 3 is 2.16 bits per heavy atom. The van der Waals surface area contributed by atoms with Crippen LogP contribution in [0.25, 0.3) is 0 Å². The predicted molar refractivity (Wildman–Crippen MR) is 111 cm³/mol. The molecule has 0 spiro atoms. The summed E-state index contributed by atoms with van der Waals surface area (Å²) in [4.78, 5) is 9.35. The smallest absolute Gasteiger partial charge is 0.0736 e. The average molecular weight is 338 g/mol. The van der Waals surface area contributed by atoms with Crippen molar-refractivity contribution in [1.29, 1.82) is 0 Å². The van der Waals surface area contributed by atoms with E-state index in [9.17, 15) is 0 Å². The molecule has 0 saturated carbocycles. The number of benzene rings is 1. The van der Waals surface area contributed by atoms with E-state index in [-0.39, 0.29) is 0 Å². The molecule has 0 atom stereocenters. The van der Waals surface area contributed by atoms with E-state index in [4.69, 9.17) is 4.99 Å². The summed E-state index contributed by atoms with van der Waals surface area (Å²) in [6.45, 7) is 10.8. The number of hydrogen-bond donors (Lipinski definition) is 0. The van der Waals surface area contributed by atoms with Crippen LogP contribution in [0, 0.1) is 6.92 Å². The molecule has 1 aromatic rings. The molecule has 0 heterocycles. The van der Waals surface area contributed by atoms with Crippen LogP contribution in [0.2, 0.25) is 0 Å². The Balaban J connectivity index is 2.57. The second-order valence-corrected chi connectivity index (χ2v) is 6.99. The van der Waals surface area contributed by atoms with Gasteiger partial charge in [-0.15, -0.1) is 0 Å². The molecule has 25 heavy (non-hydrogen) atoms. The maximum Gasteiger partial charge on any atom is 0.0736 e. The molecule has 0 aromatic heterocycles. The summed E-state index contributed by atoms with van der Waals surface area (Å²) in [7, 11) is 8.27. The average Bonchev–Trinajstić information content (AvgIpc) is 2.56. The fourth-order valence-electron chi connectivity index (χ4n) is 3.04. The molecule has 1 aliphatic rings. The van der Waals surface area contributed by atoms with Crippen molar-refractivity contribution in [2.24, 2.45) is 4.99 Å². The standard InChI is InChI=1S/C22H31N3/c1-9-17-13-19(24(5)6)11-15(3)21(17)23-22-16(4)12-20(25(7)8)14-18(22)10-2/h11-14H,3,9-10H2,1-2,4-8H3. The van der Waals surface area contributed by atoms with Crippen molar-refractivity contribution < 1.29 is 0 Å². The summed E-state index contributed by atoms with van der Waals surface area (Å²) < 4.78 is 0. The number of anilines is 1. The van der Waals surface area contributed by atoms with Crippen LogP contribution in [-0.4, -0.2) is 38.8 Å². The van der Waals surface area contributed by atoms with Gasteiger partial charge in [0.25, 0.3) is 0 Å². The van der Waals surface area contributed by atoms with Crippen LogP contribution in [0.4, 0.5) is 11.4 Å². The first-order chi connectivity index (χ1) is 11.8. The van der Waals surface area contributed by atoms with E-state index in [1.54, 1.807) is 0 Å². The fourth-order valence-corrected chi connectivity index (χ4v) is 3.04. The minimum absolute atomic E-state index is 0.944. The van der Waals surface area contributed by atoms with E-state index in [0.717, 1.165) is 29.8 Å². The molecule has 134 valence electrons. The van der Waals surface area contributed by atoms with E-state index < -0.39 is 0 Å². The highest BCUT2D eigenvalue weighted by Crippen LogP contribution is 2.33. The van der Waals surface area contributed by atoms with Crippen molar-refractivity contribution in [3.05, 3.63) is 58.8 Å². The van der Waals surface area contributed by atoms with Crippen LogP contribution in [0.15, 0.2) is 52.7 Å². The van der Waals surface area contributed by atoms with Gasteiger partial charge in [0.1, 0.15) is 0 Å². The van der Waals surface area contributed by atoms with Gasteiger partial charge in [0.05, 0.1) is 11.4 Å². The molecule has 3 nitrogen and oxygen atoms in total. The molecule has 0 unspecified atom stereocenters. The summed E-state index contributed by atoms with van der Waals surface area (Å²) in [6, 6.07) is 4.45. The first-order valence-electron chi connectivity index (χ1n) is 8.97. The summed E-state index contributed by atoms with van der Waals surface area (Å²) in [5.41, 5.74) is 9.23. The predicted octanol–water partition coefficient (Wildman–Crippen LogP) is 5.05. The van der Waals surface area contributed by atoms with Gasteiger partial charge in [0, 0.05) is 39.6 Å². The molecule has 0 saturated heterocycles. The Morgan fingerprint density at radius 1 is 0.960 bits per heavy atom. The van der Waals surface area contributed by atoms with Crippen LogP contribution in [0.1, 0.15) is 31.4 Å². The minimum atomic E-state index is 0.944. The molecule has 0 amide bonds. The molecule has 0 radical (unpaired) electrons. The maximum atomic E-state index is 5.08. The van der Waals surface area contributed by atoms with E-state index in [1.165, 1.54) is 28.1 Å². The largest absolute Gasteiger partial charge is 0.378 e. The lowest BCUT2D eigenvalue weighted by atomic mass is 9.93. The van der Waals surface area contributed by atoms with Gasteiger partial charge in [-0.1, -0.05) is 20.4 Å². The summed E-state index contributed by atoms with van der Waals surface area (Å²) >= 11 is 0. The Labute approximate surface area is 153 Å². The monoisotopic (exact) mass is 337 g/mol. The van der Waals surface area contributed by atoms with Gasteiger partial charge in [0.2, 0.25) is 0 Å². The van der Waals surface area contributed by atoms with Gasteiger partial charge in [-0.05, 0) is 66.3 Å². The quantitative estimate of drug-likeness (QED) is 0.749. The Kier molecular flexibility index (Phi) is 5.89. The van der Waals surface area contributed by atoms with Gasteiger partial charge in [-0.3, -0.25) is 0 Å². The van der Waals surface area contributed by atoms with Crippen LogP contribution in [0.3, 0.4) is 0 Å². The third kappa shape index (κ3) is 4.04. The zero-order valence-corrected chi connectivity index (χ0v) is 16.8. The van der Waals surface area contributed by atoms with Crippen molar-refractivity contribution in [2.75, 3.05) is 33.1 Å². The molecule has 1 aromatic carbocycles. The summed E-state index contributed by atoms with van der Waals surface area (Å²) in [5, 5.41) is 0. The molecule has 0 bridgehead atoms. The van der Waals surface area contributed by atoms with Crippen molar-refractivity contribution in [1.82, 2.24) is 4.90 Å². The Morgan fingerprint density at radius 2 is 1.64 bits per heavy atom. The van der Waals surface area contributed by atoms with Crippen LogP contribution < -0.4 is 4.90 Å². The lowest BCUT2D eigenvalue weighted by Crippen LogP contribution is -2.17. The molecular weight excluding hydrogens is 306 g/mol. The van der Waals surface area contributed by atoms with E-state index >= 15 is 0 Å². The molecular formula is C22H31N3. The molecule has 1 aliphatic carbocycles. The number of likely N-dealkylation sites (N-methyl/N-ethyl adjacent to an activating group) is 1. The van der Waals surface area contributed by atoms with Crippen molar-refractivity contribution >= 4 is 17.1 Å². The molecule has 3 heteroatoms. The second kappa shape index (κ2) is 7.73. The number of hydrogen-bond acceptors (Lipinski definition) is 3. The minimum Gasteiger partial charge on any atom is -0.378 e. The normalized spacial score (nSPS) is 16.0. The van der Waals surface area contributed by atoms with Gasteiger partial charge in [-0.2, -0.15) is 0 Å². The summed E-state index contributed by atoms with van der Waals surface area (Å²) in [5.74, 6) is 0. The van der Waals surface area contributed by atoms with Crippen LogP contribution >= 0.6 is 0 Å². The Bertz CT molecular complexity index is 762. The van der Waals surface area contributed by atoms with Crippen molar-refractivity contribution in [2.45, 2.75) is 33.6 Å². The van der Waals surface area contributed by atoms with Gasteiger partial charge in [-0.25, -0.2) is 4.99 Å². The number of nitrogens with zero attached hydrogens (tertiary/aromatic N) is 3. The zero-order chi connectivity index (χ0) is 18.7. The molecule has 0 fully saturated rings. The SMILES string of the molecule is C=C1C=C(N(C)C)C=C(CC)C1=Nc1c(C)cc(N(C)C)cc1CC. The van der Waals surface area contributed by atoms with Crippen molar-refractivity contribution in [3.63, 3.8) is 0 Å². The zero-order valence-electron chi connectivity index (χ0n) is 16.8. The first kappa shape index (κ1) is 19.0. The molecule has 0 aliphatic heterocycles. The first-order valence-corrected chi connectivity index (χ1v) is 8.97. The highest BCUT2D eigenvalue weighted by Gasteiger charge is 2.17. The highest BCUT2D eigenvalue weighted by atomic mass is 15.1. The molecule has 0 N–H and O–H groups in total. The van der Waals surface area contributed by atoms with Crippen LogP contribution in [-0.2, 0) is 6.42 Å². The maximum absolute atomic E-state index is 5.08. The van der Waals surface area contributed by atoms with Crippen molar-refractivity contribution in [3.8, 4) is 0 Å². The van der Waals surface area contributed by atoms with Crippen LogP contribution in [0.5, 0.6) is 0 Å². The van der Waals surface area contributed by atoms with Gasteiger partial charge >= 0.3 is 0 Å². The lowest BCUT2D eigenvalue weighted by Gasteiger charge is -2.23. The topological polar surface area (TPSA) is 18.8 Å². The van der Waals surface area contributed by atoms with E-state index in [1.807, 2.05) is 0 Å². The lowest BCUT2D eigenvalue weighted by molar-refractivity contribution is 0.528. The number of allylic oxidation sites excluding steroid dienone is 4. The van der Waals surface area contributed by atoms with Gasteiger partial charge in [0.15, 0.2) is 0 Å². The fraction of sp³-hybridized carbons (Fsp3) is 0.409. The number of rotatable bonds is 5. The Hall–Kier alpha value is -2.29. The second-order valence-electron chi connectivity index (χ2n) is 6.99. The number of aliphatic imine (C=N–C) groups is 1. The third-order valence-electron chi connectivity index (χ3n) is 4.63. The number of aryl methyl sites for hydroxylation is 2. The highest BCUT2D eigenvalue weighted by molar-refractivity contribution is 6.16. The van der Waals surface area contributed by atoms with E-state index in [0.29, 0.717) is 0 Å². The van der Waals surface area contributed by atoms with Gasteiger partial charge < -0.3 is 9.80 Å². The summed E-state index contributed by atoms with van der Waals surface area (Å²) in [6.07, 6.45) is 6.25. The third-order valence-corrected chi connectivity index (χ3v) is 4.63.